The van der Waals surface area contributed by atoms with Gasteiger partial charge in [-0.25, -0.2) is 0 Å². The molecule has 0 atom stereocenters. The molecule has 0 unspecified atom stereocenters. The van der Waals surface area contributed by atoms with Gasteiger partial charge >= 0.3 is 0 Å². The van der Waals surface area contributed by atoms with Gasteiger partial charge in [0.1, 0.15) is 0 Å². The van der Waals surface area contributed by atoms with Gasteiger partial charge in [-0.2, -0.15) is 0 Å². The van der Waals surface area contributed by atoms with Gasteiger partial charge in [-0.05, 0) is 12.3 Å². The molecule has 4 heteroatoms. The van der Waals surface area contributed by atoms with Gasteiger partial charge in [0.15, 0.2) is 5.78 Å². The van der Waals surface area contributed by atoms with Crippen molar-refractivity contribution in [3.63, 3.8) is 0 Å². The fourth-order valence-corrected chi connectivity index (χ4v) is 1.32. The van der Waals surface area contributed by atoms with Crippen LogP contribution in [0.5, 0.6) is 0 Å². The van der Waals surface area contributed by atoms with Gasteiger partial charge in [-0.1, -0.05) is 0 Å². The van der Waals surface area contributed by atoms with E-state index in [1.807, 2.05) is 6.26 Å². The Labute approximate surface area is 69.4 Å². The van der Waals surface area contributed by atoms with Gasteiger partial charge in [-0.3, -0.25) is 4.79 Å². The number of aromatic nitrogens is 1. The summed E-state index contributed by atoms with van der Waals surface area (Å²) < 4.78 is 0. The highest BCUT2D eigenvalue weighted by Crippen LogP contribution is 2.22. The molecule has 1 rings (SSSR count). The lowest BCUT2D eigenvalue weighted by Gasteiger charge is -1.90. The van der Waals surface area contributed by atoms with E-state index in [-0.39, 0.29) is 5.78 Å². The first-order valence-corrected chi connectivity index (χ1v) is 4.41. The summed E-state index contributed by atoms with van der Waals surface area (Å²) in [6.45, 7) is 1.51. The predicted molar refractivity (Wildman–Crippen MR) is 47.0 cm³/mol. The second-order valence-corrected chi connectivity index (χ2v) is 3.04. The molecule has 3 N–H and O–H groups in total. The summed E-state index contributed by atoms with van der Waals surface area (Å²) in [6, 6.07) is 1.66. The molecule has 0 saturated heterocycles. The quantitative estimate of drug-likeness (QED) is 0.522. The third-order valence-electron chi connectivity index (χ3n) is 1.39. The second-order valence-electron chi connectivity index (χ2n) is 2.23. The zero-order valence-electron chi connectivity index (χ0n) is 6.47. The molecular weight excluding hydrogens is 160 g/mol. The van der Waals surface area contributed by atoms with Crippen LogP contribution in [0.25, 0.3) is 0 Å². The topological polar surface area (TPSA) is 58.9 Å². The molecule has 1 heterocycles. The third-order valence-corrected chi connectivity index (χ3v) is 2.14. The summed E-state index contributed by atoms with van der Waals surface area (Å²) in [5, 5.41) is 0.857. The van der Waals surface area contributed by atoms with E-state index < -0.39 is 0 Å². The fourth-order valence-electron chi connectivity index (χ4n) is 0.810. The Hall–Kier alpha value is -0.900. The number of hydrogen-bond donors (Lipinski definition) is 2. The first-order valence-electron chi connectivity index (χ1n) is 3.18. The molecule has 60 valence electrons. The minimum atomic E-state index is 0.0111. The van der Waals surface area contributed by atoms with Crippen LogP contribution >= 0.6 is 11.8 Å². The monoisotopic (exact) mass is 170 g/mol. The van der Waals surface area contributed by atoms with Crippen molar-refractivity contribution in [3.05, 3.63) is 11.8 Å². The maximum absolute atomic E-state index is 10.8. The minimum Gasteiger partial charge on any atom is -0.397 e. The number of nitrogens with one attached hydrogen (secondary N) is 1. The molecule has 0 saturated carbocycles. The Morgan fingerprint density at radius 3 is 2.64 bits per heavy atom. The molecule has 0 aliphatic carbocycles. The summed E-state index contributed by atoms with van der Waals surface area (Å²) in [4.78, 5) is 13.7. The number of thioether (sulfide) groups is 1. The van der Waals surface area contributed by atoms with E-state index in [1.54, 1.807) is 6.07 Å². The van der Waals surface area contributed by atoms with Gasteiger partial charge < -0.3 is 10.7 Å². The minimum absolute atomic E-state index is 0.0111. The molecular formula is C7H10N2OS. The van der Waals surface area contributed by atoms with E-state index >= 15 is 0 Å². The Morgan fingerprint density at radius 1 is 1.73 bits per heavy atom. The van der Waals surface area contributed by atoms with E-state index in [2.05, 4.69) is 4.98 Å². The average molecular weight is 170 g/mol. The van der Waals surface area contributed by atoms with Crippen LogP contribution in [-0.4, -0.2) is 17.0 Å². The van der Waals surface area contributed by atoms with Crippen molar-refractivity contribution in [1.29, 1.82) is 0 Å². The molecule has 0 aliphatic heterocycles. The summed E-state index contributed by atoms with van der Waals surface area (Å²) in [5.74, 6) is 0.0111. The SMILES string of the molecule is CSc1[nH]c(C(C)=O)cc1N. The highest BCUT2D eigenvalue weighted by molar-refractivity contribution is 7.98. The number of ketones is 1. The molecule has 1 aromatic heterocycles. The zero-order chi connectivity index (χ0) is 8.43. The number of aromatic amines is 1. The molecule has 0 radical (unpaired) electrons. The van der Waals surface area contributed by atoms with E-state index in [0.717, 1.165) is 5.03 Å². The highest BCUT2D eigenvalue weighted by Gasteiger charge is 2.06. The molecule has 0 aliphatic rings. The maximum Gasteiger partial charge on any atom is 0.176 e. The number of rotatable bonds is 2. The van der Waals surface area contributed by atoms with Gasteiger partial charge in [0.2, 0.25) is 0 Å². The van der Waals surface area contributed by atoms with Crippen molar-refractivity contribution >= 4 is 23.2 Å². The van der Waals surface area contributed by atoms with E-state index in [9.17, 15) is 4.79 Å². The molecule has 3 nitrogen and oxygen atoms in total. The molecule has 0 amide bonds. The van der Waals surface area contributed by atoms with Gasteiger partial charge in [0.25, 0.3) is 0 Å². The molecule has 0 spiro atoms. The molecule has 0 aromatic carbocycles. The Kier molecular flexibility index (Phi) is 2.24. The number of carbonyl (C=O) groups excluding carboxylic acids is 1. The normalized spacial score (nSPS) is 10.0. The lowest BCUT2D eigenvalue weighted by Crippen LogP contribution is -1.90. The van der Waals surface area contributed by atoms with E-state index in [1.165, 1.54) is 18.7 Å². The van der Waals surface area contributed by atoms with Crippen molar-refractivity contribution in [1.82, 2.24) is 4.98 Å². The number of nitrogen functional groups attached to an aromatic ring is 1. The first kappa shape index (κ1) is 8.20. The van der Waals surface area contributed by atoms with Crippen LogP contribution in [0.15, 0.2) is 11.1 Å². The third kappa shape index (κ3) is 1.57. The number of anilines is 1. The summed E-state index contributed by atoms with van der Waals surface area (Å²) in [5.41, 5.74) is 6.80. The second kappa shape index (κ2) is 3.00. The number of H-pyrrole nitrogens is 1. The largest absolute Gasteiger partial charge is 0.397 e. The molecule has 11 heavy (non-hydrogen) atoms. The standard InChI is InChI=1S/C7H10N2OS/c1-4(10)6-3-5(8)7(9-6)11-2/h3,9H,8H2,1-2H3. The maximum atomic E-state index is 10.8. The number of hydrogen-bond acceptors (Lipinski definition) is 3. The van der Waals surface area contributed by atoms with Crippen LogP contribution in [-0.2, 0) is 0 Å². The van der Waals surface area contributed by atoms with Crippen molar-refractivity contribution in [2.24, 2.45) is 0 Å². The first-order chi connectivity index (χ1) is 5.15. The smallest absolute Gasteiger partial charge is 0.176 e. The number of carbonyl (C=O) groups is 1. The van der Waals surface area contributed by atoms with Crippen LogP contribution in [0, 0.1) is 0 Å². The molecule has 0 fully saturated rings. The zero-order valence-corrected chi connectivity index (χ0v) is 7.29. The van der Waals surface area contributed by atoms with Crippen molar-refractivity contribution < 1.29 is 4.79 Å². The van der Waals surface area contributed by atoms with Crippen LogP contribution in [0.4, 0.5) is 5.69 Å². The van der Waals surface area contributed by atoms with Crippen molar-refractivity contribution in [2.75, 3.05) is 12.0 Å². The van der Waals surface area contributed by atoms with E-state index in [4.69, 9.17) is 5.73 Å². The van der Waals surface area contributed by atoms with Crippen LogP contribution < -0.4 is 5.73 Å². The van der Waals surface area contributed by atoms with Gasteiger partial charge in [-0.15, -0.1) is 11.8 Å². The Morgan fingerprint density at radius 2 is 2.36 bits per heavy atom. The summed E-state index contributed by atoms with van der Waals surface area (Å²) >= 11 is 1.50. The number of nitrogens with two attached hydrogens (primary N) is 1. The molecule has 1 aromatic rings. The van der Waals surface area contributed by atoms with Crippen LogP contribution in [0.2, 0.25) is 0 Å². The Bertz CT molecular complexity index is 280. The van der Waals surface area contributed by atoms with Gasteiger partial charge in [0.05, 0.1) is 16.4 Å². The predicted octanol–water partition coefficient (Wildman–Crippen LogP) is 1.52. The molecule has 0 bridgehead atoms. The lowest BCUT2D eigenvalue weighted by atomic mass is 10.3. The van der Waals surface area contributed by atoms with Crippen molar-refractivity contribution in [2.45, 2.75) is 11.9 Å². The van der Waals surface area contributed by atoms with Crippen LogP contribution in [0.1, 0.15) is 17.4 Å². The average Bonchev–Trinajstić information content (AvgIpc) is 2.31. The van der Waals surface area contributed by atoms with Gasteiger partial charge in [0, 0.05) is 6.92 Å². The number of Topliss-reactive ketones (excluding diaryl/α,β-unsaturated/α-hetero) is 1. The van der Waals surface area contributed by atoms with E-state index in [0.29, 0.717) is 11.4 Å². The van der Waals surface area contributed by atoms with Crippen LogP contribution in [0.3, 0.4) is 0 Å². The lowest BCUT2D eigenvalue weighted by molar-refractivity contribution is 0.101. The summed E-state index contributed by atoms with van der Waals surface area (Å²) in [6.07, 6.45) is 1.91. The fraction of sp³-hybridized carbons (Fsp3) is 0.286. The van der Waals surface area contributed by atoms with Crippen molar-refractivity contribution in [3.8, 4) is 0 Å². The highest BCUT2D eigenvalue weighted by atomic mass is 32.2. The Balaban J connectivity index is 3.05. The summed E-state index contributed by atoms with van der Waals surface area (Å²) in [7, 11) is 0.